The Kier molecular flexibility index (Phi) is 13.5. The first-order valence-electron chi connectivity index (χ1n) is 24.6. The maximum absolute atomic E-state index is 5.82. The zero-order valence-electron chi connectivity index (χ0n) is 43.4. The lowest BCUT2D eigenvalue weighted by molar-refractivity contribution is 0.286. The van der Waals surface area contributed by atoms with Crippen molar-refractivity contribution >= 4 is 87.6 Å². The molecule has 0 amide bonds. The average Bonchev–Trinajstić information content (AvgIpc) is 3.99. The number of nitrogens with one attached hydrogen (secondary N) is 1. The van der Waals surface area contributed by atoms with E-state index in [9.17, 15) is 0 Å². The van der Waals surface area contributed by atoms with E-state index in [4.69, 9.17) is 15.7 Å². The highest BCUT2D eigenvalue weighted by molar-refractivity contribution is 9.10. The number of rotatable bonds is 8. The van der Waals surface area contributed by atoms with Crippen LogP contribution in [0.4, 0.5) is 5.95 Å². The van der Waals surface area contributed by atoms with E-state index in [1.807, 2.05) is 0 Å². The van der Waals surface area contributed by atoms with Crippen LogP contribution in [-0.4, -0.2) is 39.3 Å². The smallest absolute Gasteiger partial charge is 0.204 e. The molecule has 69 heavy (non-hydrogen) atoms. The van der Waals surface area contributed by atoms with E-state index < -0.39 is 0 Å². The Labute approximate surface area is 418 Å². The zero-order valence-corrected chi connectivity index (χ0v) is 45.0. The lowest BCUT2D eigenvalue weighted by atomic mass is 9.82. The third-order valence-corrected chi connectivity index (χ3v) is 13.0. The Morgan fingerprint density at radius 3 is 1.16 bits per heavy atom. The van der Waals surface area contributed by atoms with Crippen molar-refractivity contribution < 1.29 is 0 Å². The van der Waals surface area contributed by atoms with E-state index in [1.165, 1.54) is 43.6 Å². The second-order valence-electron chi connectivity index (χ2n) is 23.2. The topological polar surface area (TPSA) is 83.6 Å². The third kappa shape index (κ3) is 10.4. The van der Waals surface area contributed by atoms with Gasteiger partial charge >= 0.3 is 0 Å². The van der Waals surface area contributed by atoms with Gasteiger partial charge < -0.3 is 29.3 Å². The summed E-state index contributed by atoms with van der Waals surface area (Å²) in [6.45, 7) is 31.0. The number of para-hydroxylation sites is 6. The minimum atomic E-state index is -0.0841. The van der Waals surface area contributed by atoms with Crippen molar-refractivity contribution in [3.8, 4) is 11.4 Å². The molecule has 360 valence electrons. The molecule has 8 nitrogen and oxygen atoms in total. The standard InChI is InChI=1S/C30H36N4.C22H18BrN3.C8H19N/c1-20(2)33-25-17-12-18-26(27(25)31-28(33)32-30(6,7)19-29(3,4)5)34-23-15-10-8-13-21(23)22-14-9-11-16-24(22)34;1-14(2)25-19-12-7-13-20(21(19)24-22(25)23)26-17-10-5-3-8-15(17)16-9-4-6-11-18(16)26;1-7(2,3)6-8(4,5)9/h8-18,20H,19H2,1-7H3,(H,31,32);3-14H,1-2H3;6,9H2,1-5H3. The van der Waals surface area contributed by atoms with Crippen molar-refractivity contribution in [3.63, 3.8) is 0 Å². The predicted octanol–water partition coefficient (Wildman–Crippen LogP) is 17.0. The Balaban J connectivity index is 0.000000162. The lowest BCUT2D eigenvalue weighted by Crippen LogP contribution is -2.36. The fourth-order valence-corrected chi connectivity index (χ4v) is 11.8. The van der Waals surface area contributed by atoms with Crippen molar-refractivity contribution in [2.75, 3.05) is 5.32 Å². The first-order chi connectivity index (χ1) is 32.4. The van der Waals surface area contributed by atoms with Gasteiger partial charge in [0.1, 0.15) is 11.0 Å². The zero-order chi connectivity index (χ0) is 49.8. The number of hydrogen-bond acceptors (Lipinski definition) is 4. The molecule has 6 aromatic carbocycles. The second kappa shape index (κ2) is 18.8. The molecule has 10 rings (SSSR count). The summed E-state index contributed by atoms with van der Waals surface area (Å²) in [5.74, 6) is 0.937. The Morgan fingerprint density at radius 1 is 0.464 bits per heavy atom. The summed E-state index contributed by atoms with van der Waals surface area (Å²) in [5, 5.41) is 8.87. The molecule has 0 aliphatic carbocycles. The number of anilines is 1. The van der Waals surface area contributed by atoms with E-state index in [-0.39, 0.29) is 22.5 Å². The normalized spacial score (nSPS) is 12.7. The van der Waals surface area contributed by atoms with Crippen LogP contribution in [0.25, 0.3) is 77.1 Å². The summed E-state index contributed by atoms with van der Waals surface area (Å²) in [7, 11) is 0. The van der Waals surface area contributed by atoms with Crippen LogP contribution >= 0.6 is 15.9 Å². The van der Waals surface area contributed by atoms with Crippen LogP contribution < -0.4 is 11.1 Å². The highest BCUT2D eigenvalue weighted by Gasteiger charge is 2.29. The number of imidazole rings is 2. The van der Waals surface area contributed by atoms with Gasteiger partial charge in [-0.3, -0.25) is 0 Å². The first-order valence-corrected chi connectivity index (χ1v) is 25.4. The summed E-state index contributed by atoms with van der Waals surface area (Å²) in [4.78, 5) is 10.1. The minimum absolute atomic E-state index is 0.0156. The average molecular weight is 986 g/mol. The first kappa shape index (κ1) is 49.5. The molecular weight excluding hydrogens is 913 g/mol. The van der Waals surface area contributed by atoms with Crippen molar-refractivity contribution in [3.05, 3.63) is 138 Å². The summed E-state index contributed by atoms with van der Waals surface area (Å²) >= 11 is 3.65. The molecule has 0 bridgehead atoms. The summed E-state index contributed by atoms with van der Waals surface area (Å²) in [6, 6.07) is 48.0. The Hall–Kier alpha value is -5.90. The van der Waals surface area contributed by atoms with Crippen molar-refractivity contribution in [1.82, 2.24) is 28.2 Å². The maximum Gasteiger partial charge on any atom is 0.204 e. The van der Waals surface area contributed by atoms with Gasteiger partial charge in [-0.15, -0.1) is 0 Å². The minimum Gasteiger partial charge on any atom is -0.351 e. The third-order valence-electron chi connectivity index (χ3n) is 12.4. The van der Waals surface area contributed by atoms with Crippen LogP contribution in [0.1, 0.15) is 122 Å². The molecule has 0 spiro atoms. The molecule has 0 saturated carbocycles. The van der Waals surface area contributed by atoms with E-state index in [0.29, 0.717) is 11.5 Å². The van der Waals surface area contributed by atoms with Gasteiger partial charge in [0.25, 0.3) is 0 Å². The molecule has 4 heterocycles. The van der Waals surface area contributed by atoms with Crippen LogP contribution in [0.15, 0.2) is 138 Å². The van der Waals surface area contributed by atoms with E-state index >= 15 is 0 Å². The van der Waals surface area contributed by atoms with Crippen LogP contribution in [0.2, 0.25) is 0 Å². The van der Waals surface area contributed by atoms with Crippen molar-refractivity contribution in [1.29, 1.82) is 0 Å². The monoisotopic (exact) mass is 985 g/mol. The molecule has 10 aromatic rings. The Morgan fingerprint density at radius 2 is 0.812 bits per heavy atom. The predicted molar refractivity (Wildman–Crippen MR) is 301 cm³/mol. The molecule has 0 unspecified atom stereocenters. The van der Waals surface area contributed by atoms with Crippen LogP contribution in [0, 0.1) is 10.8 Å². The highest BCUT2D eigenvalue weighted by atomic mass is 79.9. The SMILES string of the molecule is CC(C)(C)CC(C)(C)N.CC(C)n1c(Br)nc2c(-n3c4ccccc4c4ccccc43)cccc21.CC(C)n1c(NC(C)(C)CC(C)(C)C)nc2c(-n3c4ccccc4c4ccccc43)cccc21. The number of fused-ring (bicyclic) bond motifs is 8. The highest BCUT2D eigenvalue weighted by Crippen LogP contribution is 2.39. The quantitative estimate of drug-likeness (QED) is 0.159. The lowest BCUT2D eigenvalue weighted by Gasteiger charge is -2.34. The maximum atomic E-state index is 5.82. The Bertz CT molecular complexity index is 3310. The molecule has 9 heteroatoms. The number of nitrogens with two attached hydrogens (primary N) is 1. The fourth-order valence-electron chi connectivity index (χ4n) is 11.0. The fraction of sp³-hybridized carbons (Fsp3) is 0.367. The number of hydrogen-bond donors (Lipinski definition) is 2. The van der Waals surface area contributed by atoms with Gasteiger partial charge in [-0.25, -0.2) is 9.97 Å². The number of benzene rings is 6. The molecule has 0 saturated heterocycles. The van der Waals surface area contributed by atoms with E-state index in [1.54, 1.807) is 0 Å². The van der Waals surface area contributed by atoms with E-state index in [0.717, 1.165) is 57.0 Å². The molecule has 0 fully saturated rings. The van der Waals surface area contributed by atoms with Crippen LogP contribution in [0.5, 0.6) is 0 Å². The molecule has 0 radical (unpaired) electrons. The van der Waals surface area contributed by atoms with Gasteiger partial charge in [-0.05, 0) is 144 Å². The summed E-state index contributed by atoms with van der Waals surface area (Å²) in [6.07, 6.45) is 2.11. The number of nitrogens with zero attached hydrogens (tertiary/aromatic N) is 6. The number of aromatic nitrogens is 6. The molecule has 0 atom stereocenters. The largest absolute Gasteiger partial charge is 0.351 e. The van der Waals surface area contributed by atoms with Gasteiger partial charge in [0, 0.05) is 44.7 Å². The number of halogens is 1. The van der Waals surface area contributed by atoms with Gasteiger partial charge in [-0.1, -0.05) is 126 Å². The van der Waals surface area contributed by atoms with Crippen molar-refractivity contribution in [2.24, 2.45) is 16.6 Å². The summed E-state index contributed by atoms with van der Waals surface area (Å²) in [5.41, 5.74) is 17.7. The van der Waals surface area contributed by atoms with Gasteiger partial charge in [-0.2, -0.15) is 0 Å². The van der Waals surface area contributed by atoms with E-state index in [2.05, 4.69) is 270 Å². The molecule has 3 N–H and O–H groups in total. The summed E-state index contributed by atoms with van der Waals surface area (Å²) < 4.78 is 10.1. The van der Waals surface area contributed by atoms with Gasteiger partial charge in [0.2, 0.25) is 5.95 Å². The van der Waals surface area contributed by atoms with Crippen LogP contribution in [0.3, 0.4) is 0 Å². The molecule has 0 aliphatic heterocycles. The van der Waals surface area contributed by atoms with Crippen LogP contribution in [-0.2, 0) is 0 Å². The van der Waals surface area contributed by atoms with Crippen molar-refractivity contribution in [2.45, 2.75) is 133 Å². The molecule has 0 aliphatic rings. The second-order valence-corrected chi connectivity index (χ2v) is 24.0. The van der Waals surface area contributed by atoms with Gasteiger partial charge in [0.05, 0.1) is 44.5 Å². The van der Waals surface area contributed by atoms with Gasteiger partial charge in [0.15, 0.2) is 4.73 Å². The molecule has 4 aromatic heterocycles. The molecular formula is C60H73BrN8.